The number of alkyl halides is 2. The number of carboxylic acid groups (broad SMARTS) is 1. The fraction of sp³-hybridized carbons (Fsp3) is 0.188. The second-order valence-corrected chi connectivity index (χ2v) is 5.69. The molecule has 2 aromatic rings. The van der Waals surface area contributed by atoms with Gasteiger partial charge in [0.05, 0.1) is 11.3 Å². The molecule has 0 aliphatic rings. The molecule has 5 heteroatoms. The lowest BCUT2D eigenvalue weighted by Crippen LogP contribution is -2.16. The molecule has 21 heavy (non-hydrogen) atoms. The first kappa shape index (κ1) is 15.5. The Bertz CT molecular complexity index is 642. The van der Waals surface area contributed by atoms with Crippen molar-refractivity contribution in [1.29, 1.82) is 0 Å². The average molecular weight is 308 g/mol. The number of rotatable bonds is 5. The highest BCUT2D eigenvalue weighted by Crippen LogP contribution is 2.34. The number of hydrogen-bond donors (Lipinski definition) is 1. The van der Waals surface area contributed by atoms with Crippen molar-refractivity contribution in [2.24, 2.45) is 0 Å². The smallest absolute Gasteiger partial charge is 0.335 e. The van der Waals surface area contributed by atoms with Crippen molar-refractivity contribution in [3.63, 3.8) is 0 Å². The van der Waals surface area contributed by atoms with Gasteiger partial charge < -0.3 is 5.11 Å². The molecule has 0 saturated heterocycles. The van der Waals surface area contributed by atoms with Gasteiger partial charge in [-0.3, -0.25) is 0 Å². The summed E-state index contributed by atoms with van der Waals surface area (Å²) in [6, 6.07) is 12.3. The molecule has 0 amide bonds. The first-order valence-corrected chi connectivity index (χ1v) is 7.29. The summed E-state index contributed by atoms with van der Waals surface area (Å²) in [5, 5.41) is 9.04. The zero-order chi connectivity index (χ0) is 15.5. The van der Waals surface area contributed by atoms with Gasteiger partial charge in [0, 0.05) is 10.5 Å². The van der Waals surface area contributed by atoms with Crippen LogP contribution in [0.25, 0.3) is 0 Å². The number of halogens is 2. The van der Waals surface area contributed by atoms with Crippen LogP contribution in [0.1, 0.15) is 21.5 Å². The number of aryl methyl sites for hydroxylation is 1. The number of thioether (sulfide) groups is 1. The highest BCUT2D eigenvalue weighted by Gasteiger charge is 2.31. The van der Waals surface area contributed by atoms with E-state index in [4.69, 9.17) is 5.11 Å². The topological polar surface area (TPSA) is 37.3 Å². The lowest BCUT2D eigenvalue weighted by Gasteiger charge is -2.16. The van der Waals surface area contributed by atoms with Crippen LogP contribution in [-0.4, -0.2) is 16.8 Å². The van der Waals surface area contributed by atoms with Crippen LogP contribution in [0.4, 0.5) is 8.78 Å². The molecule has 0 aliphatic heterocycles. The maximum Gasteiger partial charge on any atom is 0.335 e. The molecule has 0 radical (unpaired) electrons. The minimum atomic E-state index is -2.96. The van der Waals surface area contributed by atoms with Gasteiger partial charge in [-0.05, 0) is 24.6 Å². The van der Waals surface area contributed by atoms with Crippen LogP contribution in [0.5, 0.6) is 0 Å². The highest BCUT2D eigenvalue weighted by atomic mass is 32.2. The summed E-state index contributed by atoms with van der Waals surface area (Å²) in [6.45, 7) is 1.68. The quantitative estimate of drug-likeness (QED) is 0.822. The molecule has 2 nitrogen and oxygen atoms in total. The van der Waals surface area contributed by atoms with E-state index in [1.165, 1.54) is 18.2 Å². The van der Waals surface area contributed by atoms with Gasteiger partial charge in [-0.2, -0.15) is 0 Å². The first-order valence-electron chi connectivity index (χ1n) is 6.30. The van der Waals surface area contributed by atoms with E-state index < -0.39 is 17.6 Å². The Labute approximate surface area is 125 Å². The third-order valence-corrected chi connectivity index (χ3v) is 4.15. The van der Waals surface area contributed by atoms with Crippen molar-refractivity contribution >= 4 is 17.7 Å². The van der Waals surface area contributed by atoms with Gasteiger partial charge in [0.1, 0.15) is 0 Å². The number of hydrogen-bond acceptors (Lipinski definition) is 2. The molecule has 0 unspecified atom stereocenters. The van der Waals surface area contributed by atoms with Crippen LogP contribution >= 0.6 is 11.8 Å². The average Bonchev–Trinajstić information content (AvgIpc) is 2.47. The summed E-state index contributed by atoms with van der Waals surface area (Å²) in [7, 11) is 0. The summed E-state index contributed by atoms with van der Waals surface area (Å²) in [5.41, 5.74) is 0.716. The zero-order valence-electron chi connectivity index (χ0n) is 11.3. The molecule has 0 aromatic heterocycles. The molecule has 0 aliphatic carbocycles. The molecule has 2 rings (SSSR count). The summed E-state index contributed by atoms with van der Waals surface area (Å²) < 4.78 is 28.1. The van der Waals surface area contributed by atoms with Crippen LogP contribution in [0.3, 0.4) is 0 Å². The zero-order valence-corrected chi connectivity index (χ0v) is 12.2. The van der Waals surface area contributed by atoms with Crippen LogP contribution in [0.2, 0.25) is 0 Å². The van der Waals surface area contributed by atoms with Crippen LogP contribution < -0.4 is 0 Å². The van der Waals surface area contributed by atoms with Crippen molar-refractivity contribution in [2.45, 2.75) is 17.7 Å². The fourth-order valence-corrected chi connectivity index (χ4v) is 2.74. The Hall–Kier alpha value is -1.88. The Balaban J connectivity index is 2.13. The van der Waals surface area contributed by atoms with E-state index in [0.29, 0.717) is 10.5 Å². The Morgan fingerprint density at radius 2 is 1.86 bits per heavy atom. The second-order valence-electron chi connectivity index (χ2n) is 4.64. The fourth-order valence-electron chi connectivity index (χ4n) is 1.86. The molecule has 1 N–H and O–H groups in total. The maximum absolute atomic E-state index is 14.0. The Morgan fingerprint density at radius 1 is 1.19 bits per heavy atom. The molecular formula is C16H14F2O2S. The van der Waals surface area contributed by atoms with E-state index in [9.17, 15) is 13.6 Å². The number of carbonyl (C=O) groups is 1. The molecule has 0 heterocycles. The van der Waals surface area contributed by atoms with E-state index in [-0.39, 0.29) is 11.1 Å². The van der Waals surface area contributed by atoms with Crippen LogP contribution in [-0.2, 0) is 5.92 Å². The van der Waals surface area contributed by atoms with E-state index >= 15 is 0 Å². The van der Waals surface area contributed by atoms with Crippen molar-refractivity contribution in [2.75, 3.05) is 5.75 Å². The van der Waals surface area contributed by atoms with E-state index in [1.807, 2.05) is 0 Å². The predicted molar refractivity (Wildman–Crippen MR) is 79.2 cm³/mol. The molecule has 2 aromatic carbocycles. The van der Waals surface area contributed by atoms with Crippen molar-refractivity contribution in [3.8, 4) is 0 Å². The third-order valence-electron chi connectivity index (χ3n) is 3.06. The largest absolute Gasteiger partial charge is 0.478 e. The van der Waals surface area contributed by atoms with E-state index in [0.717, 1.165) is 11.8 Å². The maximum atomic E-state index is 14.0. The molecule has 0 spiro atoms. The monoisotopic (exact) mass is 308 g/mol. The minimum absolute atomic E-state index is 0.0388. The summed E-state index contributed by atoms with van der Waals surface area (Å²) in [6.07, 6.45) is 0. The molecule has 0 saturated carbocycles. The standard InChI is InChI=1S/C16H14F2O2S/c1-11-7-8-13(9-14(11)15(19)20)21-10-16(17,18)12-5-3-2-4-6-12/h2-9H,10H2,1H3,(H,19,20). The van der Waals surface area contributed by atoms with Crippen molar-refractivity contribution < 1.29 is 18.7 Å². The molecule has 0 atom stereocenters. The molecular weight excluding hydrogens is 294 g/mol. The highest BCUT2D eigenvalue weighted by molar-refractivity contribution is 7.99. The lowest BCUT2D eigenvalue weighted by atomic mass is 10.1. The molecule has 0 bridgehead atoms. The normalized spacial score (nSPS) is 11.4. The van der Waals surface area contributed by atoms with Crippen LogP contribution in [0.15, 0.2) is 53.4 Å². The van der Waals surface area contributed by atoms with Crippen LogP contribution in [0, 0.1) is 6.92 Å². The van der Waals surface area contributed by atoms with E-state index in [1.54, 1.807) is 37.3 Å². The minimum Gasteiger partial charge on any atom is -0.478 e. The number of aromatic carboxylic acids is 1. The third kappa shape index (κ3) is 3.82. The lowest BCUT2D eigenvalue weighted by molar-refractivity contribution is 0.0231. The summed E-state index contributed by atoms with van der Waals surface area (Å²) >= 11 is 0.949. The first-order chi connectivity index (χ1) is 9.90. The predicted octanol–water partition coefficient (Wildman–Crippen LogP) is 4.58. The number of carboxylic acids is 1. The summed E-state index contributed by atoms with van der Waals surface area (Å²) in [5.74, 6) is -4.44. The van der Waals surface area contributed by atoms with Gasteiger partial charge in [0.15, 0.2) is 0 Å². The van der Waals surface area contributed by atoms with Gasteiger partial charge in [-0.15, -0.1) is 11.8 Å². The summed E-state index contributed by atoms with van der Waals surface area (Å²) in [4.78, 5) is 11.6. The number of benzene rings is 2. The van der Waals surface area contributed by atoms with Gasteiger partial charge in [0.2, 0.25) is 0 Å². The second kappa shape index (κ2) is 6.26. The van der Waals surface area contributed by atoms with E-state index in [2.05, 4.69) is 0 Å². The van der Waals surface area contributed by atoms with Gasteiger partial charge in [-0.25, -0.2) is 13.6 Å². The van der Waals surface area contributed by atoms with Crippen molar-refractivity contribution in [3.05, 3.63) is 65.2 Å². The Kier molecular flexibility index (Phi) is 4.63. The van der Waals surface area contributed by atoms with Gasteiger partial charge in [0.25, 0.3) is 5.92 Å². The molecule has 0 fully saturated rings. The SMILES string of the molecule is Cc1ccc(SCC(F)(F)c2ccccc2)cc1C(=O)O. The van der Waals surface area contributed by atoms with Gasteiger partial charge in [-0.1, -0.05) is 36.4 Å². The molecule has 110 valence electrons. The Morgan fingerprint density at radius 3 is 2.48 bits per heavy atom. The van der Waals surface area contributed by atoms with Gasteiger partial charge >= 0.3 is 5.97 Å². The van der Waals surface area contributed by atoms with Crippen molar-refractivity contribution in [1.82, 2.24) is 0 Å².